The summed E-state index contributed by atoms with van der Waals surface area (Å²) in [6.07, 6.45) is 0. The van der Waals surface area contributed by atoms with Crippen molar-refractivity contribution in [2.24, 2.45) is 0 Å². The minimum atomic E-state index is 0.461. The van der Waals surface area contributed by atoms with Gasteiger partial charge in [-0.2, -0.15) is 10.5 Å². The van der Waals surface area contributed by atoms with Crippen LogP contribution in [0.1, 0.15) is 11.1 Å². The van der Waals surface area contributed by atoms with Crippen LogP contribution in [-0.4, -0.2) is 4.57 Å². The first-order chi connectivity index (χ1) is 17.7. The van der Waals surface area contributed by atoms with Gasteiger partial charge in [-0.25, -0.2) is 0 Å². The lowest BCUT2D eigenvalue weighted by Crippen LogP contribution is -1.96. The fourth-order valence-corrected chi connectivity index (χ4v) is 5.26. The second-order valence-electron chi connectivity index (χ2n) is 8.86. The fourth-order valence-electron chi connectivity index (χ4n) is 5.26. The van der Waals surface area contributed by atoms with Crippen molar-refractivity contribution in [2.75, 3.05) is 0 Å². The fraction of sp³-hybridized carbons (Fsp3) is 0. The van der Waals surface area contributed by atoms with Crippen molar-refractivity contribution in [2.45, 2.75) is 0 Å². The molecule has 0 unspecified atom stereocenters. The van der Waals surface area contributed by atoms with Gasteiger partial charge in [-0.1, -0.05) is 60.7 Å². The molecule has 0 aliphatic carbocycles. The predicted molar refractivity (Wildman–Crippen MR) is 143 cm³/mol. The van der Waals surface area contributed by atoms with Crippen LogP contribution in [0.5, 0.6) is 0 Å². The van der Waals surface area contributed by atoms with Crippen molar-refractivity contribution in [3.8, 4) is 29.0 Å². The maximum atomic E-state index is 9.53. The van der Waals surface area contributed by atoms with Crippen molar-refractivity contribution >= 4 is 43.7 Å². The zero-order valence-electron chi connectivity index (χ0n) is 19.1. The molecule has 2 heterocycles. The summed E-state index contributed by atoms with van der Waals surface area (Å²) in [6, 6.07) is 38.7. The van der Waals surface area contributed by atoms with E-state index in [4.69, 9.17) is 4.42 Å². The zero-order valence-corrected chi connectivity index (χ0v) is 19.1. The van der Waals surface area contributed by atoms with Gasteiger partial charge in [0.1, 0.15) is 11.2 Å². The third-order valence-electron chi connectivity index (χ3n) is 6.82. The smallest absolute Gasteiger partial charge is 0.143 e. The highest BCUT2D eigenvalue weighted by atomic mass is 16.3. The maximum absolute atomic E-state index is 9.53. The van der Waals surface area contributed by atoms with Crippen LogP contribution in [-0.2, 0) is 0 Å². The summed E-state index contributed by atoms with van der Waals surface area (Å²) in [4.78, 5) is 0. The molecule has 0 atom stereocenters. The Morgan fingerprint density at radius 2 is 1.28 bits per heavy atom. The number of fused-ring (bicyclic) bond motifs is 6. The lowest BCUT2D eigenvalue weighted by Gasteiger charge is -2.09. The molecule has 4 heteroatoms. The van der Waals surface area contributed by atoms with Gasteiger partial charge in [-0.15, -0.1) is 0 Å². The van der Waals surface area contributed by atoms with Gasteiger partial charge in [-0.3, -0.25) is 0 Å². The average molecular weight is 460 g/mol. The average Bonchev–Trinajstić information content (AvgIpc) is 3.48. The highest BCUT2D eigenvalue weighted by molar-refractivity contribution is 6.13. The molecular formula is C32H17N3O. The van der Waals surface area contributed by atoms with Gasteiger partial charge in [0.25, 0.3) is 0 Å². The molecule has 0 saturated carbocycles. The Bertz CT molecular complexity index is 2050. The van der Waals surface area contributed by atoms with E-state index in [9.17, 15) is 10.5 Å². The van der Waals surface area contributed by atoms with Crippen molar-refractivity contribution in [3.05, 3.63) is 114 Å². The molecule has 4 nitrogen and oxygen atoms in total. The van der Waals surface area contributed by atoms with Crippen LogP contribution in [0.4, 0.5) is 0 Å². The van der Waals surface area contributed by atoms with Gasteiger partial charge < -0.3 is 8.98 Å². The molecule has 0 amide bonds. The van der Waals surface area contributed by atoms with Crippen LogP contribution in [0, 0.1) is 22.7 Å². The molecule has 0 bridgehead atoms. The van der Waals surface area contributed by atoms with Crippen LogP contribution in [0.15, 0.2) is 108 Å². The topological polar surface area (TPSA) is 65.7 Å². The number of hydrogen-bond donors (Lipinski definition) is 0. The van der Waals surface area contributed by atoms with Gasteiger partial charge in [0.2, 0.25) is 0 Å². The molecule has 36 heavy (non-hydrogen) atoms. The number of benzene rings is 5. The number of nitriles is 2. The van der Waals surface area contributed by atoms with Gasteiger partial charge in [-0.05, 0) is 48.0 Å². The first-order valence-electron chi connectivity index (χ1n) is 11.6. The van der Waals surface area contributed by atoms with E-state index < -0.39 is 0 Å². The summed E-state index contributed by atoms with van der Waals surface area (Å²) in [7, 11) is 0. The Hall–Kier alpha value is -5.32. The number of para-hydroxylation sites is 3. The number of rotatable bonds is 2. The SMILES string of the molecule is N#Cc1cc(C#N)cc(-n2c3ccccc3c3cc(-c4cccc5c4oc4ccccc45)ccc32)c1. The number of hydrogen-bond acceptors (Lipinski definition) is 3. The molecule has 0 N–H and O–H groups in total. The highest BCUT2D eigenvalue weighted by Crippen LogP contribution is 2.39. The molecule has 0 spiro atoms. The number of furan rings is 1. The van der Waals surface area contributed by atoms with Gasteiger partial charge in [0.15, 0.2) is 0 Å². The van der Waals surface area contributed by atoms with Crippen LogP contribution in [0.2, 0.25) is 0 Å². The molecule has 0 aliphatic rings. The van der Waals surface area contributed by atoms with E-state index >= 15 is 0 Å². The number of nitrogens with zero attached hydrogens (tertiary/aromatic N) is 3. The van der Waals surface area contributed by atoms with E-state index in [0.29, 0.717) is 11.1 Å². The number of aromatic nitrogens is 1. The summed E-state index contributed by atoms with van der Waals surface area (Å²) in [5, 5.41) is 23.5. The lowest BCUT2D eigenvalue weighted by molar-refractivity contribution is 0.670. The molecule has 7 aromatic rings. The van der Waals surface area contributed by atoms with Gasteiger partial charge in [0, 0.05) is 32.8 Å². The quantitative estimate of drug-likeness (QED) is 0.262. The van der Waals surface area contributed by atoms with Crippen molar-refractivity contribution in [1.82, 2.24) is 4.57 Å². The third-order valence-corrected chi connectivity index (χ3v) is 6.82. The van der Waals surface area contributed by atoms with Crippen LogP contribution < -0.4 is 0 Å². The summed E-state index contributed by atoms with van der Waals surface area (Å²) >= 11 is 0. The van der Waals surface area contributed by atoms with Gasteiger partial charge >= 0.3 is 0 Å². The highest BCUT2D eigenvalue weighted by Gasteiger charge is 2.16. The molecular weight excluding hydrogens is 442 g/mol. The monoisotopic (exact) mass is 459 g/mol. The minimum absolute atomic E-state index is 0.461. The Kier molecular flexibility index (Phi) is 4.24. The molecule has 0 aliphatic heterocycles. The van der Waals surface area contributed by atoms with E-state index in [1.165, 1.54) is 0 Å². The van der Waals surface area contributed by atoms with Crippen molar-refractivity contribution in [3.63, 3.8) is 0 Å². The van der Waals surface area contributed by atoms with Crippen LogP contribution >= 0.6 is 0 Å². The minimum Gasteiger partial charge on any atom is -0.455 e. The van der Waals surface area contributed by atoms with E-state index in [2.05, 4.69) is 71.3 Å². The van der Waals surface area contributed by atoms with E-state index in [1.807, 2.05) is 42.5 Å². The molecule has 2 aromatic heterocycles. The second-order valence-corrected chi connectivity index (χ2v) is 8.86. The second kappa shape index (κ2) is 7.60. The van der Waals surface area contributed by atoms with E-state index in [0.717, 1.165) is 60.6 Å². The lowest BCUT2D eigenvalue weighted by atomic mass is 10.0. The standard InChI is InChI=1S/C32H17N3O/c33-18-20-14-21(19-34)16-23(15-20)35-29-10-3-1-6-25(29)28-17-22(12-13-30(28)35)24-8-5-9-27-26-7-2-4-11-31(26)36-32(24)27/h1-17H. The Morgan fingerprint density at radius 3 is 2.08 bits per heavy atom. The summed E-state index contributed by atoms with van der Waals surface area (Å²) < 4.78 is 8.42. The van der Waals surface area contributed by atoms with Crippen molar-refractivity contribution in [1.29, 1.82) is 10.5 Å². The largest absolute Gasteiger partial charge is 0.455 e. The van der Waals surface area contributed by atoms with Crippen molar-refractivity contribution < 1.29 is 4.42 Å². The summed E-state index contributed by atoms with van der Waals surface area (Å²) in [5.41, 5.74) is 7.61. The van der Waals surface area contributed by atoms with Crippen LogP contribution in [0.25, 0.3) is 60.6 Å². The molecule has 5 aromatic carbocycles. The van der Waals surface area contributed by atoms with E-state index in [-0.39, 0.29) is 0 Å². The molecule has 0 fully saturated rings. The molecule has 7 rings (SSSR count). The first kappa shape index (κ1) is 20.1. The Balaban J connectivity index is 1.52. The summed E-state index contributed by atoms with van der Waals surface area (Å²) in [6.45, 7) is 0. The Labute approximate surface area is 206 Å². The normalized spacial score (nSPS) is 11.3. The summed E-state index contributed by atoms with van der Waals surface area (Å²) in [5.74, 6) is 0. The predicted octanol–water partition coefficient (Wildman–Crippen LogP) is 8.09. The zero-order chi connectivity index (χ0) is 24.2. The maximum Gasteiger partial charge on any atom is 0.143 e. The third kappa shape index (κ3) is 2.86. The molecule has 166 valence electrons. The van der Waals surface area contributed by atoms with E-state index in [1.54, 1.807) is 6.07 Å². The Morgan fingerprint density at radius 1 is 0.583 bits per heavy atom. The van der Waals surface area contributed by atoms with Crippen LogP contribution in [0.3, 0.4) is 0 Å². The first-order valence-corrected chi connectivity index (χ1v) is 11.6. The molecule has 0 saturated heterocycles. The van der Waals surface area contributed by atoms with Gasteiger partial charge in [0.05, 0.1) is 34.3 Å². The molecule has 0 radical (unpaired) electrons.